The zero-order chi connectivity index (χ0) is 14.7. The maximum atomic E-state index is 10.9. The number of nitrogens with two attached hydrogens (primary N) is 1. The molecule has 2 aromatic carbocycles. The molecule has 2 rings (SSSR count). The van der Waals surface area contributed by atoms with Crippen LogP contribution >= 0.6 is 0 Å². The van der Waals surface area contributed by atoms with Crippen LogP contribution in [0.3, 0.4) is 0 Å². The maximum Gasteiger partial charge on any atom is 0.335 e. The number of nitrogen functional groups attached to an aromatic ring is 1. The van der Waals surface area contributed by atoms with Gasteiger partial charge >= 0.3 is 5.97 Å². The Morgan fingerprint density at radius 3 is 2.35 bits per heavy atom. The van der Waals surface area contributed by atoms with Crippen molar-refractivity contribution in [2.24, 2.45) is 0 Å². The van der Waals surface area contributed by atoms with Crippen molar-refractivity contribution >= 4 is 23.0 Å². The quantitative estimate of drug-likeness (QED) is 0.837. The van der Waals surface area contributed by atoms with E-state index >= 15 is 0 Å². The van der Waals surface area contributed by atoms with Crippen molar-refractivity contribution in [3.8, 4) is 5.75 Å². The molecule has 5 nitrogen and oxygen atoms in total. The number of hydrogen-bond acceptors (Lipinski definition) is 4. The van der Waals surface area contributed by atoms with E-state index in [0.717, 1.165) is 17.1 Å². The summed E-state index contributed by atoms with van der Waals surface area (Å²) in [5.41, 5.74) is 8.20. The fourth-order valence-corrected chi connectivity index (χ4v) is 1.94. The van der Waals surface area contributed by atoms with Gasteiger partial charge in [-0.15, -0.1) is 0 Å². The van der Waals surface area contributed by atoms with Crippen LogP contribution < -0.4 is 15.4 Å². The highest BCUT2D eigenvalue weighted by atomic mass is 16.5. The molecule has 0 unspecified atom stereocenters. The van der Waals surface area contributed by atoms with Gasteiger partial charge in [0.15, 0.2) is 0 Å². The Bertz CT molecular complexity index is 624. The third-order valence-corrected chi connectivity index (χ3v) is 3.10. The monoisotopic (exact) mass is 272 g/mol. The van der Waals surface area contributed by atoms with Crippen molar-refractivity contribution in [1.29, 1.82) is 0 Å². The van der Waals surface area contributed by atoms with Crippen LogP contribution in [0.15, 0.2) is 42.5 Å². The minimum absolute atomic E-state index is 0.175. The highest BCUT2D eigenvalue weighted by Gasteiger charge is 2.11. The molecule has 0 bridgehead atoms. The van der Waals surface area contributed by atoms with Gasteiger partial charge < -0.3 is 20.5 Å². The van der Waals surface area contributed by atoms with Crippen LogP contribution in [0.2, 0.25) is 0 Å². The van der Waals surface area contributed by atoms with Crippen molar-refractivity contribution in [3.05, 3.63) is 48.0 Å². The molecule has 5 heteroatoms. The summed E-state index contributed by atoms with van der Waals surface area (Å²) in [5, 5.41) is 8.93. The molecule has 0 aliphatic carbocycles. The normalized spacial score (nSPS) is 10.1. The number of methoxy groups -OCH3 is 1. The first kappa shape index (κ1) is 13.7. The number of nitrogens with zero attached hydrogens (tertiary/aromatic N) is 1. The summed E-state index contributed by atoms with van der Waals surface area (Å²) in [6, 6.07) is 12.2. The first-order valence-corrected chi connectivity index (χ1v) is 6.03. The van der Waals surface area contributed by atoms with Gasteiger partial charge in [0, 0.05) is 12.7 Å². The summed E-state index contributed by atoms with van der Waals surface area (Å²) in [6.07, 6.45) is 0. The number of carbonyl (C=O) groups is 1. The fourth-order valence-electron chi connectivity index (χ4n) is 1.94. The predicted octanol–water partition coefficient (Wildman–Crippen LogP) is 2.74. The first-order valence-electron chi connectivity index (χ1n) is 6.03. The van der Waals surface area contributed by atoms with Crippen molar-refractivity contribution in [1.82, 2.24) is 0 Å². The van der Waals surface area contributed by atoms with Crippen molar-refractivity contribution in [2.75, 3.05) is 24.8 Å². The Morgan fingerprint density at radius 1 is 1.20 bits per heavy atom. The lowest BCUT2D eigenvalue weighted by Crippen LogP contribution is -2.12. The number of aromatic carboxylic acids is 1. The molecule has 0 aliphatic rings. The smallest absolute Gasteiger partial charge is 0.335 e. The number of benzene rings is 2. The Labute approximate surface area is 117 Å². The summed E-state index contributed by atoms with van der Waals surface area (Å²) in [7, 11) is 3.48. The van der Waals surface area contributed by atoms with Gasteiger partial charge in [0.1, 0.15) is 5.75 Å². The van der Waals surface area contributed by atoms with Gasteiger partial charge in [-0.05, 0) is 42.5 Å². The average molecular weight is 272 g/mol. The molecule has 0 spiro atoms. The summed E-state index contributed by atoms with van der Waals surface area (Å²) in [6.45, 7) is 0. The number of carboxylic acid groups (broad SMARTS) is 1. The molecule has 0 fully saturated rings. The Kier molecular flexibility index (Phi) is 3.79. The number of anilines is 3. The lowest BCUT2D eigenvalue weighted by atomic mass is 10.1. The van der Waals surface area contributed by atoms with E-state index in [4.69, 9.17) is 15.6 Å². The molecular weight excluding hydrogens is 256 g/mol. The van der Waals surface area contributed by atoms with Gasteiger partial charge in [0.25, 0.3) is 0 Å². The molecule has 20 heavy (non-hydrogen) atoms. The Hall–Kier alpha value is -2.69. The minimum atomic E-state index is -0.990. The summed E-state index contributed by atoms with van der Waals surface area (Å²) < 4.78 is 5.11. The lowest BCUT2D eigenvalue weighted by molar-refractivity contribution is 0.0697. The van der Waals surface area contributed by atoms with E-state index in [1.165, 1.54) is 12.1 Å². The average Bonchev–Trinajstić information content (AvgIpc) is 2.46. The van der Waals surface area contributed by atoms with Crippen molar-refractivity contribution < 1.29 is 14.6 Å². The number of hydrogen-bond donors (Lipinski definition) is 2. The molecule has 0 radical (unpaired) electrons. The van der Waals surface area contributed by atoms with E-state index < -0.39 is 5.97 Å². The van der Waals surface area contributed by atoms with E-state index in [1.54, 1.807) is 13.2 Å². The summed E-state index contributed by atoms with van der Waals surface area (Å²) in [5.74, 6) is -0.216. The first-order chi connectivity index (χ1) is 9.52. The van der Waals surface area contributed by atoms with E-state index in [2.05, 4.69) is 0 Å². The van der Waals surface area contributed by atoms with Crippen LogP contribution in [0.4, 0.5) is 17.1 Å². The molecule has 0 amide bonds. The summed E-state index contributed by atoms with van der Waals surface area (Å²) in [4.78, 5) is 12.8. The highest BCUT2D eigenvalue weighted by Crippen LogP contribution is 2.30. The molecule has 0 saturated carbocycles. The SMILES string of the molecule is COc1ccc(N(C)c2ccc(C(=O)O)cc2N)cc1. The molecule has 0 heterocycles. The number of rotatable bonds is 4. The highest BCUT2D eigenvalue weighted by molar-refractivity contribution is 5.91. The topological polar surface area (TPSA) is 75.8 Å². The van der Waals surface area contributed by atoms with Crippen LogP contribution in [-0.4, -0.2) is 25.2 Å². The predicted molar refractivity (Wildman–Crippen MR) is 78.9 cm³/mol. The molecule has 0 aliphatic heterocycles. The second-order valence-corrected chi connectivity index (χ2v) is 4.34. The van der Waals surface area contributed by atoms with Gasteiger partial charge in [-0.2, -0.15) is 0 Å². The van der Waals surface area contributed by atoms with Gasteiger partial charge in [-0.1, -0.05) is 0 Å². The second kappa shape index (κ2) is 5.52. The molecule has 0 atom stereocenters. The molecule has 0 aromatic heterocycles. The van der Waals surface area contributed by atoms with Crippen LogP contribution in [0, 0.1) is 0 Å². The lowest BCUT2D eigenvalue weighted by Gasteiger charge is -2.21. The third-order valence-electron chi connectivity index (χ3n) is 3.10. The molecule has 3 N–H and O–H groups in total. The van der Waals surface area contributed by atoms with E-state index in [9.17, 15) is 4.79 Å². The third kappa shape index (κ3) is 2.66. The molecule has 2 aromatic rings. The maximum absolute atomic E-state index is 10.9. The largest absolute Gasteiger partial charge is 0.497 e. The van der Waals surface area contributed by atoms with Gasteiger partial charge in [0.05, 0.1) is 24.0 Å². The Balaban J connectivity index is 2.32. The summed E-state index contributed by atoms with van der Waals surface area (Å²) >= 11 is 0. The molecule has 0 saturated heterocycles. The van der Waals surface area contributed by atoms with E-state index in [1.807, 2.05) is 36.2 Å². The zero-order valence-electron chi connectivity index (χ0n) is 11.3. The van der Waals surface area contributed by atoms with E-state index in [0.29, 0.717) is 5.69 Å². The van der Waals surface area contributed by atoms with Gasteiger partial charge in [-0.25, -0.2) is 4.79 Å². The van der Waals surface area contributed by atoms with Crippen LogP contribution in [0.1, 0.15) is 10.4 Å². The van der Waals surface area contributed by atoms with Gasteiger partial charge in [-0.3, -0.25) is 0 Å². The molecular formula is C15H16N2O3. The van der Waals surface area contributed by atoms with Crippen LogP contribution in [-0.2, 0) is 0 Å². The molecule has 104 valence electrons. The number of ether oxygens (including phenoxy) is 1. The van der Waals surface area contributed by atoms with Crippen LogP contribution in [0.5, 0.6) is 5.75 Å². The zero-order valence-corrected chi connectivity index (χ0v) is 11.3. The van der Waals surface area contributed by atoms with Crippen molar-refractivity contribution in [2.45, 2.75) is 0 Å². The Morgan fingerprint density at radius 2 is 1.85 bits per heavy atom. The number of carboxylic acids is 1. The van der Waals surface area contributed by atoms with E-state index in [-0.39, 0.29) is 5.56 Å². The van der Waals surface area contributed by atoms with Crippen molar-refractivity contribution in [3.63, 3.8) is 0 Å². The van der Waals surface area contributed by atoms with Gasteiger partial charge in [0.2, 0.25) is 0 Å². The standard InChI is InChI=1S/C15H16N2O3/c1-17(11-4-6-12(20-2)7-5-11)14-8-3-10(15(18)19)9-13(14)16/h3-9H,16H2,1-2H3,(H,18,19). The van der Waals surface area contributed by atoms with Crippen LogP contribution in [0.25, 0.3) is 0 Å². The minimum Gasteiger partial charge on any atom is -0.497 e. The second-order valence-electron chi connectivity index (χ2n) is 4.34. The fraction of sp³-hybridized carbons (Fsp3) is 0.133.